The molecule has 22 heavy (non-hydrogen) atoms. The SMILES string of the molecule is CC[C@H](C(=N)C(=O)OCc1ccccc1)c1nc(CO)co1. The third-order valence-electron chi connectivity index (χ3n) is 3.22. The number of hydrogen-bond acceptors (Lipinski definition) is 6. The second-order valence-electron chi connectivity index (χ2n) is 4.77. The Balaban J connectivity index is 2.00. The highest BCUT2D eigenvalue weighted by Gasteiger charge is 2.27. The zero-order valence-corrected chi connectivity index (χ0v) is 12.3. The maximum Gasteiger partial charge on any atom is 0.353 e. The van der Waals surface area contributed by atoms with Gasteiger partial charge in [0.2, 0.25) is 5.89 Å². The van der Waals surface area contributed by atoms with Crippen LogP contribution in [0.2, 0.25) is 0 Å². The van der Waals surface area contributed by atoms with Crippen LogP contribution in [0.15, 0.2) is 41.0 Å². The van der Waals surface area contributed by atoms with E-state index in [0.29, 0.717) is 12.1 Å². The number of aliphatic hydroxyl groups is 1. The van der Waals surface area contributed by atoms with Crippen molar-refractivity contribution in [3.05, 3.63) is 53.7 Å². The predicted molar refractivity (Wildman–Crippen MR) is 79.4 cm³/mol. The van der Waals surface area contributed by atoms with Crippen LogP contribution in [0.25, 0.3) is 0 Å². The van der Waals surface area contributed by atoms with Crippen LogP contribution < -0.4 is 0 Å². The summed E-state index contributed by atoms with van der Waals surface area (Å²) in [5, 5.41) is 17.0. The molecular formula is C16H18N2O4. The molecule has 0 aliphatic carbocycles. The van der Waals surface area contributed by atoms with Crippen LogP contribution >= 0.6 is 0 Å². The fourth-order valence-corrected chi connectivity index (χ4v) is 2.00. The van der Waals surface area contributed by atoms with E-state index in [2.05, 4.69) is 4.98 Å². The number of ether oxygens (including phenoxy) is 1. The van der Waals surface area contributed by atoms with Crippen LogP contribution in [0.1, 0.15) is 36.4 Å². The minimum absolute atomic E-state index is 0.117. The predicted octanol–water partition coefficient (Wildman–Crippen LogP) is 2.42. The van der Waals surface area contributed by atoms with Crippen LogP contribution in [-0.2, 0) is 22.7 Å². The summed E-state index contributed by atoms with van der Waals surface area (Å²) in [6, 6.07) is 9.27. The van der Waals surface area contributed by atoms with Gasteiger partial charge in [-0.3, -0.25) is 5.41 Å². The molecule has 1 aromatic carbocycles. The second kappa shape index (κ2) is 7.51. The molecule has 0 saturated heterocycles. The summed E-state index contributed by atoms with van der Waals surface area (Å²) in [4.78, 5) is 16.1. The molecule has 0 bridgehead atoms. The Hall–Kier alpha value is -2.47. The van der Waals surface area contributed by atoms with E-state index in [1.165, 1.54) is 6.26 Å². The van der Waals surface area contributed by atoms with E-state index in [9.17, 15) is 4.79 Å². The van der Waals surface area contributed by atoms with E-state index in [1.54, 1.807) is 0 Å². The number of aliphatic hydroxyl groups excluding tert-OH is 1. The number of carbonyl (C=O) groups is 1. The van der Waals surface area contributed by atoms with E-state index in [4.69, 9.17) is 19.7 Å². The van der Waals surface area contributed by atoms with Crippen molar-refractivity contribution in [2.75, 3.05) is 0 Å². The van der Waals surface area contributed by atoms with Crippen molar-refractivity contribution in [3.8, 4) is 0 Å². The molecular weight excluding hydrogens is 284 g/mol. The van der Waals surface area contributed by atoms with Crippen molar-refractivity contribution >= 4 is 11.7 Å². The molecule has 1 atom stereocenters. The topological polar surface area (TPSA) is 96.4 Å². The van der Waals surface area contributed by atoms with Crippen molar-refractivity contribution in [2.24, 2.45) is 0 Å². The highest BCUT2D eigenvalue weighted by Crippen LogP contribution is 2.21. The highest BCUT2D eigenvalue weighted by molar-refractivity contribution is 6.37. The van der Waals surface area contributed by atoms with Crippen molar-refractivity contribution in [3.63, 3.8) is 0 Å². The average Bonchev–Trinajstić information content (AvgIpc) is 3.03. The Morgan fingerprint density at radius 1 is 1.41 bits per heavy atom. The number of aromatic nitrogens is 1. The van der Waals surface area contributed by atoms with Gasteiger partial charge in [0.15, 0.2) is 0 Å². The summed E-state index contributed by atoms with van der Waals surface area (Å²) in [5.41, 5.74) is 1.03. The first-order valence-corrected chi connectivity index (χ1v) is 7.00. The van der Waals surface area contributed by atoms with Crippen molar-refractivity contribution in [1.82, 2.24) is 4.98 Å². The summed E-state index contributed by atoms with van der Waals surface area (Å²) in [6.07, 6.45) is 1.80. The lowest BCUT2D eigenvalue weighted by Crippen LogP contribution is -2.23. The van der Waals surface area contributed by atoms with Gasteiger partial charge in [0.1, 0.15) is 24.3 Å². The number of nitrogens with zero attached hydrogens (tertiary/aromatic N) is 1. The summed E-state index contributed by atoms with van der Waals surface area (Å²) in [6.45, 7) is 1.70. The molecule has 0 saturated carbocycles. The molecule has 0 unspecified atom stereocenters. The number of benzene rings is 1. The van der Waals surface area contributed by atoms with Gasteiger partial charge in [-0.05, 0) is 12.0 Å². The zero-order chi connectivity index (χ0) is 15.9. The van der Waals surface area contributed by atoms with E-state index in [-0.39, 0.29) is 24.8 Å². The number of carbonyl (C=O) groups excluding carboxylic acids is 1. The van der Waals surface area contributed by atoms with Gasteiger partial charge >= 0.3 is 5.97 Å². The molecule has 6 heteroatoms. The Labute approximate surface area is 128 Å². The van der Waals surface area contributed by atoms with Gasteiger partial charge in [0, 0.05) is 0 Å². The molecule has 0 amide bonds. The van der Waals surface area contributed by atoms with Crippen LogP contribution in [0.3, 0.4) is 0 Å². The molecule has 6 nitrogen and oxygen atoms in total. The summed E-state index contributed by atoms with van der Waals surface area (Å²) in [7, 11) is 0. The van der Waals surface area contributed by atoms with Gasteiger partial charge in [-0.15, -0.1) is 0 Å². The summed E-state index contributed by atoms with van der Waals surface area (Å²) in [5.74, 6) is -1.03. The molecule has 0 spiro atoms. The van der Waals surface area contributed by atoms with Gasteiger partial charge in [0.25, 0.3) is 0 Å². The third kappa shape index (κ3) is 3.79. The van der Waals surface area contributed by atoms with Crippen LogP contribution in [0.4, 0.5) is 0 Å². The molecule has 116 valence electrons. The largest absolute Gasteiger partial charge is 0.456 e. The average molecular weight is 302 g/mol. The summed E-state index contributed by atoms with van der Waals surface area (Å²) < 4.78 is 10.4. The lowest BCUT2D eigenvalue weighted by atomic mass is 10.0. The minimum atomic E-state index is -0.695. The van der Waals surface area contributed by atoms with Gasteiger partial charge < -0.3 is 14.3 Å². The van der Waals surface area contributed by atoms with E-state index >= 15 is 0 Å². The molecule has 2 aromatic rings. The van der Waals surface area contributed by atoms with Crippen molar-refractivity contribution < 1.29 is 19.1 Å². The first-order valence-electron chi connectivity index (χ1n) is 7.00. The number of rotatable bonds is 7. The van der Waals surface area contributed by atoms with E-state index in [0.717, 1.165) is 5.56 Å². The zero-order valence-electron chi connectivity index (χ0n) is 12.3. The summed E-state index contributed by atoms with van der Waals surface area (Å²) >= 11 is 0. The smallest absolute Gasteiger partial charge is 0.353 e. The van der Waals surface area contributed by atoms with Crippen LogP contribution in [-0.4, -0.2) is 21.8 Å². The van der Waals surface area contributed by atoms with Crippen molar-refractivity contribution in [1.29, 1.82) is 5.41 Å². The van der Waals surface area contributed by atoms with E-state index < -0.39 is 11.9 Å². The van der Waals surface area contributed by atoms with Crippen LogP contribution in [0, 0.1) is 5.41 Å². The fraction of sp³-hybridized carbons (Fsp3) is 0.312. The standard InChI is InChI=1S/C16H18N2O4/c1-2-13(15-18-12(8-19)10-21-15)14(17)16(20)22-9-11-6-4-3-5-7-11/h3-7,10,13,17,19H,2,8-9H2,1H3/t13-/m1/s1. The second-order valence-corrected chi connectivity index (χ2v) is 4.77. The normalized spacial score (nSPS) is 11.9. The Morgan fingerprint density at radius 2 is 2.14 bits per heavy atom. The molecule has 0 radical (unpaired) electrons. The molecule has 2 rings (SSSR count). The molecule has 0 aliphatic heterocycles. The Morgan fingerprint density at radius 3 is 2.73 bits per heavy atom. The van der Waals surface area contributed by atoms with Crippen molar-refractivity contribution in [2.45, 2.75) is 32.5 Å². The van der Waals surface area contributed by atoms with E-state index in [1.807, 2.05) is 37.3 Å². The van der Waals surface area contributed by atoms with Gasteiger partial charge in [-0.2, -0.15) is 0 Å². The number of nitrogens with one attached hydrogen (secondary N) is 1. The first kappa shape index (κ1) is 15.9. The van der Waals surface area contributed by atoms with Crippen LogP contribution in [0.5, 0.6) is 0 Å². The first-order chi connectivity index (χ1) is 10.7. The maximum atomic E-state index is 12.0. The minimum Gasteiger partial charge on any atom is -0.456 e. The molecule has 0 fully saturated rings. The highest BCUT2D eigenvalue weighted by atomic mass is 16.5. The fourth-order valence-electron chi connectivity index (χ4n) is 2.00. The van der Waals surface area contributed by atoms with Gasteiger partial charge in [-0.25, -0.2) is 9.78 Å². The van der Waals surface area contributed by atoms with Gasteiger partial charge in [-0.1, -0.05) is 37.3 Å². The molecule has 1 aromatic heterocycles. The number of hydrogen-bond donors (Lipinski definition) is 2. The quantitative estimate of drug-likeness (QED) is 0.605. The lowest BCUT2D eigenvalue weighted by molar-refractivity contribution is -0.137. The number of oxazole rings is 1. The number of esters is 1. The Bertz CT molecular complexity index is 637. The molecule has 1 heterocycles. The monoisotopic (exact) mass is 302 g/mol. The van der Waals surface area contributed by atoms with Gasteiger partial charge in [0.05, 0.1) is 12.5 Å². The molecule has 0 aliphatic rings. The lowest BCUT2D eigenvalue weighted by Gasteiger charge is -2.12. The molecule has 2 N–H and O–H groups in total. The third-order valence-corrected chi connectivity index (χ3v) is 3.22. The maximum absolute atomic E-state index is 12.0. The Kier molecular flexibility index (Phi) is 5.43.